The van der Waals surface area contributed by atoms with E-state index in [9.17, 15) is 14.5 Å². The Morgan fingerprint density at radius 2 is 1.80 bits per heavy atom. The molecule has 0 radical (unpaired) electrons. The molecule has 0 atom stereocenters. The molecule has 0 spiro atoms. The first-order chi connectivity index (χ1) is 9.51. The molecule has 0 aromatic heterocycles. The van der Waals surface area contributed by atoms with Crippen molar-refractivity contribution in [2.75, 3.05) is 12.8 Å². The van der Waals surface area contributed by atoms with Crippen molar-refractivity contribution in [3.05, 3.63) is 52.3 Å². The Balaban J connectivity index is 2.32. The van der Waals surface area contributed by atoms with Crippen molar-refractivity contribution in [2.45, 2.75) is 0 Å². The number of nitrogens with zero attached hydrogens (tertiary/aromatic N) is 1. The van der Waals surface area contributed by atoms with E-state index in [-0.39, 0.29) is 11.4 Å². The number of nitrogen functional groups attached to an aromatic ring is 1. The third-order valence-corrected chi connectivity index (χ3v) is 2.56. The van der Waals surface area contributed by atoms with Crippen LogP contribution >= 0.6 is 0 Å². The second kappa shape index (κ2) is 5.43. The zero-order valence-electron chi connectivity index (χ0n) is 10.5. The predicted octanol–water partition coefficient (Wildman–Crippen LogP) is 3.12. The fourth-order valence-corrected chi connectivity index (χ4v) is 1.56. The summed E-state index contributed by atoms with van der Waals surface area (Å²) in [6.45, 7) is 0. The van der Waals surface area contributed by atoms with Gasteiger partial charge in [-0.15, -0.1) is 0 Å². The van der Waals surface area contributed by atoms with E-state index >= 15 is 0 Å². The Hall–Kier alpha value is -2.83. The maximum atomic E-state index is 13.3. The number of hydrogen-bond donors (Lipinski definition) is 1. The fraction of sp³-hybridized carbons (Fsp3) is 0.0769. The first-order valence-corrected chi connectivity index (χ1v) is 5.56. The van der Waals surface area contributed by atoms with Crippen molar-refractivity contribution in [3.8, 4) is 17.2 Å². The number of anilines is 1. The first-order valence-electron chi connectivity index (χ1n) is 5.56. The smallest absolute Gasteiger partial charge is 0.308 e. The molecular weight excluding hydrogens is 267 g/mol. The molecule has 0 heterocycles. The summed E-state index contributed by atoms with van der Waals surface area (Å²) in [6.07, 6.45) is 0. The summed E-state index contributed by atoms with van der Waals surface area (Å²) in [5.41, 5.74) is 4.87. The number of ether oxygens (including phenoxy) is 2. The molecule has 0 amide bonds. The highest BCUT2D eigenvalue weighted by Crippen LogP contribution is 2.33. The molecule has 0 saturated heterocycles. The Bertz CT molecular complexity index is 644. The van der Waals surface area contributed by atoms with Crippen LogP contribution in [0.2, 0.25) is 0 Å². The lowest BCUT2D eigenvalue weighted by Gasteiger charge is -2.09. The summed E-state index contributed by atoms with van der Waals surface area (Å²) in [6, 6.07) is 8.33. The van der Waals surface area contributed by atoms with Crippen LogP contribution in [0.3, 0.4) is 0 Å². The van der Waals surface area contributed by atoms with E-state index in [1.807, 2.05) is 0 Å². The van der Waals surface area contributed by atoms with E-state index in [1.165, 1.54) is 7.11 Å². The molecule has 0 aliphatic rings. The van der Waals surface area contributed by atoms with Crippen molar-refractivity contribution < 1.29 is 18.8 Å². The van der Waals surface area contributed by atoms with Crippen LogP contribution in [0.15, 0.2) is 36.4 Å². The van der Waals surface area contributed by atoms with Crippen molar-refractivity contribution in [1.82, 2.24) is 0 Å². The Morgan fingerprint density at radius 1 is 1.20 bits per heavy atom. The van der Waals surface area contributed by atoms with E-state index in [4.69, 9.17) is 15.2 Å². The van der Waals surface area contributed by atoms with Gasteiger partial charge < -0.3 is 15.2 Å². The van der Waals surface area contributed by atoms with Crippen LogP contribution in [0, 0.1) is 15.9 Å². The van der Waals surface area contributed by atoms with Gasteiger partial charge in [0, 0.05) is 6.07 Å². The van der Waals surface area contributed by atoms with Gasteiger partial charge in [0.2, 0.25) is 5.82 Å². The lowest BCUT2D eigenvalue weighted by Crippen LogP contribution is -1.98. The van der Waals surface area contributed by atoms with Crippen molar-refractivity contribution in [1.29, 1.82) is 0 Å². The van der Waals surface area contributed by atoms with Gasteiger partial charge in [-0.05, 0) is 24.3 Å². The fourth-order valence-electron chi connectivity index (χ4n) is 1.56. The van der Waals surface area contributed by atoms with Crippen LogP contribution in [-0.2, 0) is 0 Å². The van der Waals surface area contributed by atoms with E-state index in [2.05, 4.69) is 0 Å². The Morgan fingerprint density at radius 3 is 2.35 bits per heavy atom. The van der Waals surface area contributed by atoms with Crippen LogP contribution in [0.4, 0.5) is 15.8 Å². The van der Waals surface area contributed by atoms with Gasteiger partial charge in [-0.1, -0.05) is 0 Å². The van der Waals surface area contributed by atoms with Gasteiger partial charge in [-0.2, -0.15) is 4.39 Å². The predicted molar refractivity (Wildman–Crippen MR) is 70.5 cm³/mol. The zero-order valence-corrected chi connectivity index (χ0v) is 10.5. The summed E-state index contributed by atoms with van der Waals surface area (Å²) in [4.78, 5) is 9.84. The number of nitro benzene ring substituents is 1. The highest BCUT2D eigenvalue weighted by atomic mass is 19.1. The zero-order chi connectivity index (χ0) is 14.7. The topological polar surface area (TPSA) is 87.6 Å². The van der Waals surface area contributed by atoms with Crippen LogP contribution in [0.1, 0.15) is 0 Å². The molecular formula is C13H11FN2O4. The van der Waals surface area contributed by atoms with Crippen LogP contribution in [0.25, 0.3) is 0 Å². The average molecular weight is 278 g/mol. The van der Waals surface area contributed by atoms with E-state index in [1.54, 1.807) is 24.3 Å². The molecule has 0 aliphatic carbocycles. The maximum absolute atomic E-state index is 13.3. The summed E-state index contributed by atoms with van der Waals surface area (Å²) in [5.74, 6) is 0.0478. The number of halogens is 1. The summed E-state index contributed by atoms with van der Waals surface area (Å²) >= 11 is 0. The molecule has 0 aliphatic heterocycles. The Kier molecular flexibility index (Phi) is 3.69. The molecule has 2 rings (SSSR count). The third kappa shape index (κ3) is 2.77. The molecule has 0 saturated carbocycles. The number of nitro groups is 1. The van der Waals surface area contributed by atoms with Crippen LogP contribution in [-0.4, -0.2) is 12.0 Å². The monoisotopic (exact) mass is 278 g/mol. The molecule has 2 aromatic rings. The molecule has 2 aromatic carbocycles. The molecule has 7 heteroatoms. The van der Waals surface area contributed by atoms with Gasteiger partial charge >= 0.3 is 5.69 Å². The normalized spacial score (nSPS) is 10.1. The minimum atomic E-state index is -1.01. The lowest BCUT2D eigenvalue weighted by molar-refractivity contribution is -0.387. The Labute approximate surface area is 113 Å². The van der Waals surface area contributed by atoms with E-state index in [0.717, 1.165) is 12.1 Å². The molecule has 104 valence electrons. The number of nitrogens with two attached hydrogens (primary N) is 1. The molecule has 20 heavy (non-hydrogen) atoms. The third-order valence-electron chi connectivity index (χ3n) is 2.56. The van der Waals surface area contributed by atoms with Gasteiger partial charge in [0.05, 0.1) is 23.8 Å². The summed E-state index contributed by atoms with van der Waals surface area (Å²) < 4.78 is 23.7. The molecule has 6 nitrogen and oxygen atoms in total. The van der Waals surface area contributed by atoms with Gasteiger partial charge in [0.1, 0.15) is 11.5 Å². The number of methoxy groups -OCH3 is 1. The largest absolute Gasteiger partial charge is 0.497 e. The standard InChI is InChI=1S/C13H11FN2O4/c1-19-8-2-4-9(5-3-8)20-13-7-12(16(17)18)10(14)6-11(13)15/h2-7H,15H2,1H3. The molecule has 0 fully saturated rings. The maximum Gasteiger partial charge on any atom is 0.308 e. The average Bonchev–Trinajstić information content (AvgIpc) is 2.42. The van der Waals surface area contributed by atoms with Gasteiger partial charge in [0.25, 0.3) is 0 Å². The van der Waals surface area contributed by atoms with Crippen LogP contribution in [0.5, 0.6) is 17.2 Å². The van der Waals surface area contributed by atoms with Crippen molar-refractivity contribution >= 4 is 11.4 Å². The molecule has 0 unspecified atom stereocenters. The van der Waals surface area contributed by atoms with Gasteiger partial charge in [-0.3, -0.25) is 10.1 Å². The summed E-state index contributed by atoms with van der Waals surface area (Å²) in [5, 5.41) is 10.7. The number of rotatable bonds is 4. The second-order valence-corrected chi connectivity index (χ2v) is 3.88. The number of benzene rings is 2. The molecule has 2 N–H and O–H groups in total. The lowest BCUT2D eigenvalue weighted by atomic mass is 10.2. The highest BCUT2D eigenvalue weighted by Gasteiger charge is 2.18. The molecule has 0 bridgehead atoms. The quantitative estimate of drug-likeness (QED) is 0.527. The van der Waals surface area contributed by atoms with Crippen LogP contribution < -0.4 is 15.2 Å². The second-order valence-electron chi connectivity index (χ2n) is 3.88. The number of hydrogen-bond acceptors (Lipinski definition) is 5. The van der Waals surface area contributed by atoms with E-state index in [0.29, 0.717) is 11.5 Å². The SMILES string of the molecule is COc1ccc(Oc2cc([N+](=O)[O-])c(F)cc2N)cc1. The minimum absolute atomic E-state index is 0.0169. The van der Waals surface area contributed by atoms with Gasteiger partial charge in [-0.25, -0.2) is 0 Å². The van der Waals surface area contributed by atoms with E-state index < -0.39 is 16.4 Å². The highest BCUT2D eigenvalue weighted by molar-refractivity contribution is 5.59. The van der Waals surface area contributed by atoms with Gasteiger partial charge in [0.15, 0.2) is 5.75 Å². The summed E-state index contributed by atoms with van der Waals surface area (Å²) in [7, 11) is 1.52. The van der Waals surface area contributed by atoms with Crippen molar-refractivity contribution in [2.24, 2.45) is 0 Å². The minimum Gasteiger partial charge on any atom is -0.497 e. The first kappa shape index (κ1) is 13.6. The van der Waals surface area contributed by atoms with Crippen molar-refractivity contribution in [3.63, 3.8) is 0 Å².